The maximum absolute atomic E-state index is 9.71. The van der Waals surface area contributed by atoms with E-state index in [1.165, 1.54) is 11.1 Å². The second-order valence-corrected chi connectivity index (χ2v) is 22.8. The number of fused-ring (bicyclic) bond motifs is 3. The van der Waals surface area contributed by atoms with Crippen molar-refractivity contribution >= 4 is 33.0 Å². The molecule has 11 aromatic carbocycles. The summed E-state index contributed by atoms with van der Waals surface area (Å²) in [5.74, 6) is 0. The van der Waals surface area contributed by atoms with Gasteiger partial charge in [0.15, 0.2) is 0 Å². The minimum Gasteiger partial charge on any atom is -0.309 e. The molecule has 2 heteroatoms. The number of benzene rings is 11. The SMILES string of the molecule is [2H]c1c([2H])c([2H])c(C2(c3c([2H])c([2H])c([2H])c([2H])c3[2H])c3ccccc3-c3cccc(-c4ccc(N(c5cc(Br)cc(-c6cc(C(C)(C)C)cc(C(C)(C)C)c6)c5)c5c(-c6ccccc6)cc(-c6ccccc6)cc5-c5ccccc5)cc4)c32)c([2H])c1[2H]. The van der Waals surface area contributed by atoms with Gasteiger partial charge in [-0.2, -0.15) is 0 Å². The third-order valence-electron chi connectivity index (χ3n) is 15.0. The van der Waals surface area contributed by atoms with Crippen molar-refractivity contribution in [2.24, 2.45) is 0 Å². The van der Waals surface area contributed by atoms with Crippen LogP contribution in [0.2, 0.25) is 0 Å². The first-order valence-electron chi connectivity index (χ1n) is 31.1. The Balaban J connectivity index is 1.17. The molecule has 0 atom stereocenters. The summed E-state index contributed by atoms with van der Waals surface area (Å²) < 4.78 is 93.6. The molecular formula is C75H62BrN. The van der Waals surface area contributed by atoms with E-state index >= 15 is 0 Å². The summed E-state index contributed by atoms with van der Waals surface area (Å²) in [5, 5.41) is 0. The zero-order valence-corrected chi connectivity index (χ0v) is 45.5. The quantitative estimate of drug-likeness (QED) is 0.132. The summed E-state index contributed by atoms with van der Waals surface area (Å²) >= 11 is 4.04. The molecule has 0 saturated carbocycles. The molecule has 0 radical (unpaired) electrons. The predicted molar refractivity (Wildman–Crippen MR) is 331 cm³/mol. The van der Waals surface area contributed by atoms with Crippen molar-refractivity contribution in [2.45, 2.75) is 57.8 Å². The monoisotopic (exact) mass is 1070 g/mol. The maximum atomic E-state index is 9.71. The molecule has 0 saturated heterocycles. The van der Waals surface area contributed by atoms with Crippen LogP contribution in [0.25, 0.3) is 66.8 Å². The van der Waals surface area contributed by atoms with Crippen LogP contribution in [0.15, 0.2) is 271 Å². The van der Waals surface area contributed by atoms with Crippen molar-refractivity contribution in [1.29, 1.82) is 0 Å². The molecule has 1 aliphatic carbocycles. The molecule has 1 nitrogen and oxygen atoms in total. The Bertz CT molecular complexity index is 4310. The summed E-state index contributed by atoms with van der Waals surface area (Å²) in [7, 11) is 0. The molecule has 1 aliphatic rings. The average Bonchev–Trinajstić information content (AvgIpc) is 1.58. The van der Waals surface area contributed by atoms with Gasteiger partial charge in [0.05, 0.1) is 24.8 Å². The average molecular weight is 1070 g/mol. The Labute approximate surface area is 478 Å². The molecule has 0 fully saturated rings. The lowest BCUT2D eigenvalue weighted by Gasteiger charge is -2.35. The number of rotatable bonds is 10. The predicted octanol–water partition coefficient (Wildman–Crippen LogP) is 21.2. The first-order chi connectivity index (χ1) is 41.5. The van der Waals surface area contributed by atoms with Crippen molar-refractivity contribution in [3.05, 3.63) is 305 Å². The van der Waals surface area contributed by atoms with E-state index in [4.69, 9.17) is 8.22 Å². The zero-order valence-electron chi connectivity index (χ0n) is 54.0. The van der Waals surface area contributed by atoms with Gasteiger partial charge in [-0.15, -0.1) is 0 Å². The van der Waals surface area contributed by atoms with E-state index in [1.54, 1.807) is 12.1 Å². The van der Waals surface area contributed by atoms with Gasteiger partial charge in [-0.25, -0.2) is 0 Å². The molecule has 11 aromatic rings. The molecule has 0 unspecified atom stereocenters. The highest BCUT2D eigenvalue weighted by Crippen LogP contribution is 2.59. The van der Waals surface area contributed by atoms with Gasteiger partial charge in [-0.1, -0.05) is 282 Å². The molecule has 374 valence electrons. The minimum absolute atomic E-state index is 0.140. The number of nitrogens with zero attached hydrogens (tertiary/aromatic N) is 1. The van der Waals surface area contributed by atoms with Gasteiger partial charge in [0.1, 0.15) is 0 Å². The third-order valence-corrected chi connectivity index (χ3v) is 15.5. The molecule has 0 bridgehead atoms. The van der Waals surface area contributed by atoms with Crippen LogP contribution in [0.4, 0.5) is 17.1 Å². The molecule has 0 heterocycles. The number of halogens is 1. The lowest BCUT2D eigenvalue weighted by Crippen LogP contribution is -2.29. The first kappa shape index (κ1) is 39.1. The van der Waals surface area contributed by atoms with Gasteiger partial charge < -0.3 is 4.90 Å². The highest BCUT2D eigenvalue weighted by Gasteiger charge is 2.47. The summed E-state index contributed by atoms with van der Waals surface area (Å²) in [5.41, 5.74) is 13.8. The van der Waals surface area contributed by atoms with E-state index < -0.39 is 65.8 Å². The van der Waals surface area contributed by atoms with Crippen molar-refractivity contribution in [3.8, 4) is 66.8 Å². The van der Waals surface area contributed by atoms with Gasteiger partial charge in [0.2, 0.25) is 0 Å². The zero-order chi connectivity index (χ0) is 61.6. The molecule has 0 N–H and O–H groups in total. The number of hydrogen-bond acceptors (Lipinski definition) is 1. The third kappa shape index (κ3) is 9.15. The van der Waals surface area contributed by atoms with Crippen molar-refractivity contribution in [3.63, 3.8) is 0 Å². The van der Waals surface area contributed by atoms with Crippen LogP contribution in [0.1, 0.15) is 88.6 Å². The van der Waals surface area contributed by atoms with Crippen molar-refractivity contribution in [2.75, 3.05) is 4.90 Å². The van der Waals surface area contributed by atoms with Crippen molar-refractivity contribution in [1.82, 2.24) is 0 Å². The van der Waals surface area contributed by atoms with Crippen LogP contribution < -0.4 is 4.90 Å². The molecule has 0 spiro atoms. The molecule has 0 aromatic heterocycles. The van der Waals surface area contributed by atoms with E-state index in [1.807, 2.05) is 60.7 Å². The Hall–Kier alpha value is -8.30. The van der Waals surface area contributed by atoms with Gasteiger partial charge in [-0.3, -0.25) is 0 Å². The molecule has 12 rings (SSSR count). The molecule has 77 heavy (non-hydrogen) atoms. The second kappa shape index (κ2) is 20.0. The maximum Gasteiger partial charge on any atom is 0.0719 e. The first-order valence-corrected chi connectivity index (χ1v) is 26.9. The van der Waals surface area contributed by atoms with Gasteiger partial charge >= 0.3 is 0 Å². The largest absolute Gasteiger partial charge is 0.309 e. The van der Waals surface area contributed by atoms with Gasteiger partial charge in [0.25, 0.3) is 0 Å². The Kier molecular flexibility index (Phi) is 10.2. The second-order valence-electron chi connectivity index (χ2n) is 21.9. The van der Waals surface area contributed by atoms with Crippen LogP contribution in [0.5, 0.6) is 0 Å². The van der Waals surface area contributed by atoms with Crippen LogP contribution in [-0.2, 0) is 16.2 Å². The van der Waals surface area contributed by atoms with Crippen molar-refractivity contribution < 1.29 is 13.7 Å². The highest BCUT2D eigenvalue weighted by molar-refractivity contribution is 9.10. The van der Waals surface area contributed by atoms with Gasteiger partial charge in [0, 0.05) is 27.0 Å². The standard InChI is InChI=1S/C75H62BrN/c1-73(2,3)60-43-55(44-61(49-60)74(4,5)6)56-45-62(76)50-64(46-56)77(72-68(52-27-14-8-15-28-52)47-57(51-25-12-7-13-26-51)48-69(72)53-29-16-9-17-30-53)63-41-39-54(40-42-63)65-36-24-37-67-66-35-22-23-38-70(66)75(71(65)67,58-31-18-10-19-32-58)59-33-20-11-21-34-59/h7-50H,1-6H3/i10D,11D,18D,19D,20D,21D,31D,32D,33D,34D. The smallest absolute Gasteiger partial charge is 0.0719 e. The molecule has 0 aliphatic heterocycles. The Morgan fingerprint density at radius 2 is 0.818 bits per heavy atom. The molecule has 0 amide bonds. The van der Waals surface area contributed by atoms with Crippen LogP contribution in [0.3, 0.4) is 0 Å². The normalized spacial score (nSPS) is 14.5. The van der Waals surface area contributed by atoms with E-state index in [0.717, 1.165) is 66.0 Å². The van der Waals surface area contributed by atoms with E-state index in [2.05, 4.69) is 196 Å². The lowest BCUT2D eigenvalue weighted by atomic mass is 9.66. The number of hydrogen-bond donors (Lipinski definition) is 0. The van der Waals surface area contributed by atoms with E-state index in [0.29, 0.717) is 33.4 Å². The van der Waals surface area contributed by atoms with Crippen LogP contribution >= 0.6 is 15.9 Å². The number of anilines is 3. The fourth-order valence-corrected chi connectivity index (χ4v) is 11.7. The fraction of sp³-hybridized carbons (Fsp3) is 0.120. The summed E-state index contributed by atoms with van der Waals surface area (Å²) in [4.78, 5) is 2.32. The lowest BCUT2D eigenvalue weighted by molar-refractivity contribution is 0.569. The summed E-state index contributed by atoms with van der Waals surface area (Å²) in [6.07, 6.45) is 0. The van der Waals surface area contributed by atoms with Crippen LogP contribution in [-0.4, -0.2) is 0 Å². The summed E-state index contributed by atoms with van der Waals surface area (Å²) in [6, 6.07) is 64.7. The highest BCUT2D eigenvalue weighted by atomic mass is 79.9. The van der Waals surface area contributed by atoms with Gasteiger partial charge in [-0.05, 0) is 142 Å². The topological polar surface area (TPSA) is 3.24 Å². The summed E-state index contributed by atoms with van der Waals surface area (Å²) in [6.45, 7) is 13.5. The van der Waals surface area contributed by atoms with Crippen LogP contribution in [0, 0.1) is 0 Å². The van der Waals surface area contributed by atoms with E-state index in [9.17, 15) is 5.48 Å². The van der Waals surface area contributed by atoms with E-state index in [-0.39, 0.29) is 22.0 Å². The molecular weight excluding hydrogens is 995 g/mol. The minimum atomic E-state index is -2.03. The fourth-order valence-electron chi connectivity index (χ4n) is 11.2. The Morgan fingerprint density at radius 3 is 1.36 bits per heavy atom. The Morgan fingerprint density at radius 1 is 0.364 bits per heavy atom.